The summed E-state index contributed by atoms with van der Waals surface area (Å²) in [6, 6.07) is 13.1. The third kappa shape index (κ3) is 3.62. The normalized spacial score (nSPS) is 13.4. The SMILES string of the molecule is CCc1ccc(O[C@@H](CC)C(=O)Nc2ccc3c(c2)OCO3)cc1. The van der Waals surface area contributed by atoms with Gasteiger partial charge in [-0.1, -0.05) is 26.0 Å². The van der Waals surface area contributed by atoms with Crippen LogP contribution in [0.5, 0.6) is 17.2 Å². The number of carbonyl (C=O) groups excluding carboxylic acids is 1. The van der Waals surface area contributed by atoms with Gasteiger partial charge in [0.05, 0.1) is 0 Å². The van der Waals surface area contributed by atoms with E-state index in [4.69, 9.17) is 14.2 Å². The molecule has 0 saturated heterocycles. The lowest BCUT2D eigenvalue weighted by molar-refractivity contribution is -0.122. The first-order valence-corrected chi connectivity index (χ1v) is 8.15. The van der Waals surface area contributed by atoms with E-state index in [0.717, 1.165) is 6.42 Å². The molecule has 0 saturated carbocycles. The van der Waals surface area contributed by atoms with E-state index < -0.39 is 6.10 Å². The van der Waals surface area contributed by atoms with Crippen molar-refractivity contribution in [3.05, 3.63) is 48.0 Å². The van der Waals surface area contributed by atoms with Gasteiger partial charge >= 0.3 is 0 Å². The Morgan fingerprint density at radius 1 is 1.12 bits per heavy atom. The highest BCUT2D eigenvalue weighted by Crippen LogP contribution is 2.34. The summed E-state index contributed by atoms with van der Waals surface area (Å²) in [6.07, 6.45) is 0.997. The summed E-state index contributed by atoms with van der Waals surface area (Å²) in [5.41, 5.74) is 1.90. The highest BCUT2D eigenvalue weighted by Gasteiger charge is 2.20. The lowest BCUT2D eigenvalue weighted by Crippen LogP contribution is -2.32. The number of anilines is 1. The van der Waals surface area contributed by atoms with Gasteiger partial charge in [0.1, 0.15) is 5.75 Å². The Balaban J connectivity index is 1.65. The predicted octanol–water partition coefficient (Wildman–Crippen LogP) is 3.77. The summed E-state index contributed by atoms with van der Waals surface area (Å²) < 4.78 is 16.4. The summed E-state index contributed by atoms with van der Waals surface area (Å²) in [5, 5.41) is 2.87. The maximum Gasteiger partial charge on any atom is 0.265 e. The molecule has 0 radical (unpaired) electrons. The van der Waals surface area contributed by atoms with E-state index in [1.54, 1.807) is 18.2 Å². The minimum Gasteiger partial charge on any atom is -0.481 e. The Morgan fingerprint density at radius 2 is 1.88 bits per heavy atom. The third-order valence-corrected chi connectivity index (χ3v) is 3.91. The van der Waals surface area contributed by atoms with Crippen molar-refractivity contribution in [2.75, 3.05) is 12.1 Å². The Kier molecular flexibility index (Phi) is 4.89. The van der Waals surface area contributed by atoms with Crippen molar-refractivity contribution < 1.29 is 19.0 Å². The Bertz CT molecular complexity index is 712. The molecule has 1 aliphatic heterocycles. The molecule has 1 N–H and O–H groups in total. The van der Waals surface area contributed by atoms with Gasteiger partial charge in [-0.25, -0.2) is 0 Å². The molecule has 0 unspecified atom stereocenters. The van der Waals surface area contributed by atoms with E-state index in [1.807, 2.05) is 31.2 Å². The van der Waals surface area contributed by atoms with Gasteiger partial charge in [0, 0.05) is 11.8 Å². The quantitative estimate of drug-likeness (QED) is 0.877. The molecule has 3 rings (SSSR count). The van der Waals surface area contributed by atoms with Crippen molar-refractivity contribution in [2.45, 2.75) is 32.8 Å². The largest absolute Gasteiger partial charge is 0.481 e. The van der Waals surface area contributed by atoms with Gasteiger partial charge in [0.2, 0.25) is 6.79 Å². The van der Waals surface area contributed by atoms with Crippen LogP contribution in [0, 0.1) is 0 Å². The van der Waals surface area contributed by atoms with Crippen LogP contribution in [0.3, 0.4) is 0 Å². The highest BCUT2D eigenvalue weighted by atomic mass is 16.7. The molecule has 0 aromatic heterocycles. The number of benzene rings is 2. The van der Waals surface area contributed by atoms with Crippen molar-refractivity contribution >= 4 is 11.6 Å². The molecule has 5 heteroatoms. The lowest BCUT2D eigenvalue weighted by atomic mass is 10.1. The molecule has 2 aromatic carbocycles. The molecular weight excluding hydrogens is 306 g/mol. The van der Waals surface area contributed by atoms with Gasteiger partial charge in [-0.05, 0) is 42.7 Å². The van der Waals surface area contributed by atoms with Crippen molar-refractivity contribution in [2.24, 2.45) is 0 Å². The fraction of sp³-hybridized carbons (Fsp3) is 0.316. The molecular formula is C19H21NO4. The van der Waals surface area contributed by atoms with Gasteiger partial charge in [-0.15, -0.1) is 0 Å². The van der Waals surface area contributed by atoms with Crippen LogP contribution < -0.4 is 19.5 Å². The number of carbonyl (C=O) groups is 1. The minimum atomic E-state index is -0.553. The van der Waals surface area contributed by atoms with E-state index >= 15 is 0 Å². The van der Waals surface area contributed by atoms with Crippen LogP contribution in [0.1, 0.15) is 25.8 Å². The van der Waals surface area contributed by atoms with E-state index in [-0.39, 0.29) is 12.7 Å². The van der Waals surface area contributed by atoms with Gasteiger partial charge < -0.3 is 19.5 Å². The zero-order valence-corrected chi connectivity index (χ0v) is 13.9. The zero-order chi connectivity index (χ0) is 16.9. The first-order chi connectivity index (χ1) is 11.7. The summed E-state index contributed by atoms with van der Waals surface area (Å²) in [6.45, 7) is 4.23. The summed E-state index contributed by atoms with van der Waals surface area (Å²) >= 11 is 0. The van der Waals surface area contributed by atoms with Gasteiger partial charge in [0.15, 0.2) is 17.6 Å². The monoisotopic (exact) mass is 327 g/mol. The second-order valence-electron chi connectivity index (χ2n) is 5.57. The molecule has 0 spiro atoms. The maximum absolute atomic E-state index is 12.5. The fourth-order valence-corrected chi connectivity index (χ4v) is 2.49. The number of amides is 1. The summed E-state index contributed by atoms with van der Waals surface area (Å²) in [4.78, 5) is 12.5. The molecule has 24 heavy (non-hydrogen) atoms. The predicted molar refractivity (Wildman–Crippen MR) is 91.7 cm³/mol. The van der Waals surface area contributed by atoms with Crippen LogP contribution in [0.25, 0.3) is 0 Å². The zero-order valence-electron chi connectivity index (χ0n) is 13.9. The lowest BCUT2D eigenvalue weighted by Gasteiger charge is -2.17. The van der Waals surface area contributed by atoms with Crippen LogP contribution in [-0.2, 0) is 11.2 Å². The second kappa shape index (κ2) is 7.25. The highest BCUT2D eigenvalue weighted by molar-refractivity contribution is 5.94. The average Bonchev–Trinajstić information content (AvgIpc) is 3.07. The molecule has 0 fully saturated rings. The number of ether oxygens (including phenoxy) is 3. The number of nitrogens with one attached hydrogen (secondary N) is 1. The van der Waals surface area contributed by atoms with Crippen molar-refractivity contribution in [1.82, 2.24) is 0 Å². The molecule has 0 bridgehead atoms. The van der Waals surface area contributed by atoms with E-state index in [2.05, 4.69) is 12.2 Å². The number of fused-ring (bicyclic) bond motifs is 1. The van der Waals surface area contributed by atoms with Crippen molar-refractivity contribution in [1.29, 1.82) is 0 Å². The Hall–Kier alpha value is -2.69. The first kappa shape index (κ1) is 16.2. The van der Waals surface area contributed by atoms with Crippen LogP contribution in [0.2, 0.25) is 0 Å². The number of hydrogen-bond acceptors (Lipinski definition) is 4. The van der Waals surface area contributed by atoms with Crippen LogP contribution >= 0.6 is 0 Å². The van der Waals surface area contributed by atoms with Gasteiger partial charge in [-0.2, -0.15) is 0 Å². The van der Waals surface area contributed by atoms with Crippen molar-refractivity contribution in [3.63, 3.8) is 0 Å². The second-order valence-corrected chi connectivity index (χ2v) is 5.57. The number of aryl methyl sites for hydroxylation is 1. The molecule has 2 aromatic rings. The molecule has 1 heterocycles. The molecule has 5 nitrogen and oxygen atoms in total. The average molecular weight is 327 g/mol. The van der Waals surface area contributed by atoms with Gasteiger partial charge in [-0.3, -0.25) is 4.79 Å². The maximum atomic E-state index is 12.5. The standard InChI is InChI=1S/C19H21NO4/c1-3-13-5-8-15(9-6-13)24-16(4-2)19(21)20-14-7-10-17-18(11-14)23-12-22-17/h5-11,16H,3-4,12H2,1-2H3,(H,20,21)/t16-/m0/s1. The fourth-order valence-electron chi connectivity index (χ4n) is 2.49. The van der Waals surface area contributed by atoms with Crippen LogP contribution in [-0.4, -0.2) is 18.8 Å². The first-order valence-electron chi connectivity index (χ1n) is 8.15. The molecule has 1 atom stereocenters. The Morgan fingerprint density at radius 3 is 2.58 bits per heavy atom. The molecule has 1 amide bonds. The summed E-state index contributed by atoms with van der Waals surface area (Å²) in [7, 11) is 0. The Labute approximate surface area is 141 Å². The van der Waals surface area contributed by atoms with E-state index in [0.29, 0.717) is 29.4 Å². The topological polar surface area (TPSA) is 56.8 Å². The van der Waals surface area contributed by atoms with Gasteiger partial charge in [0.25, 0.3) is 5.91 Å². The third-order valence-electron chi connectivity index (χ3n) is 3.91. The molecule has 126 valence electrons. The van der Waals surface area contributed by atoms with E-state index in [1.165, 1.54) is 5.56 Å². The minimum absolute atomic E-state index is 0.184. The molecule has 0 aliphatic carbocycles. The van der Waals surface area contributed by atoms with E-state index in [9.17, 15) is 4.79 Å². The molecule has 1 aliphatic rings. The smallest absolute Gasteiger partial charge is 0.265 e. The van der Waals surface area contributed by atoms with Crippen LogP contribution in [0.4, 0.5) is 5.69 Å². The van der Waals surface area contributed by atoms with Crippen molar-refractivity contribution in [3.8, 4) is 17.2 Å². The van der Waals surface area contributed by atoms with Crippen LogP contribution in [0.15, 0.2) is 42.5 Å². The number of hydrogen-bond donors (Lipinski definition) is 1. The summed E-state index contributed by atoms with van der Waals surface area (Å²) in [5.74, 6) is 1.83. The number of rotatable bonds is 6.